The van der Waals surface area contributed by atoms with E-state index in [0.717, 1.165) is 41.8 Å². The molecule has 0 spiro atoms. The van der Waals surface area contributed by atoms with Crippen molar-refractivity contribution >= 4 is 11.5 Å². The summed E-state index contributed by atoms with van der Waals surface area (Å²) in [6.07, 6.45) is 2.55. The summed E-state index contributed by atoms with van der Waals surface area (Å²) in [6, 6.07) is 11.8. The van der Waals surface area contributed by atoms with Gasteiger partial charge in [-0.2, -0.15) is 0 Å². The van der Waals surface area contributed by atoms with Gasteiger partial charge in [0.05, 0.1) is 5.69 Å². The second kappa shape index (κ2) is 5.49. The van der Waals surface area contributed by atoms with E-state index in [2.05, 4.69) is 28.1 Å². The van der Waals surface area contributed by atoms with Crippen LogP contribution in [0.4, 0.5) is 11.5 Å². The topological polar surface area (TPSA) is 55.0 Å². The van der Waals surface area contributed by atoms with Crippen LogP contribution in [0.5, 0.6) is 0 Å². The van der Waals surface area contributed by atoms with E-state index in [1.165, 1.54) is 12.8 Å². The number of anilines is 2. The number of hydrogen-bond donors (Lipinski definition) is 1. The van der Waals surface area contributed by atoms with Crippen LogP contribution in [-0.4, -0.2) is 23.3 Å². The van der Waals surface area contributed by atoms with Crippen molar-refractivity contribution in [2.24, 2.45) is 5.92 Å². The molecule has 2 N–H and O–H groups in total. The molecule has 1 fully saturated rings. The molecule has 0 bridgehead atoms. The fourth-order valence-corrected chi connectivity index (χ4v) is 2.74. The summed E-state index contributed by atoms with van der Waals surface area (Å²) < 4.78 is 0. The van der Waals surface area contributed by atoms with Crippen molar-refractivity contribution in [3.63, 3.8) is 0 Å². The highest BCUT2D eigenvalue weighted by Gasteiger charge is 2.17. The molecule has 1 aliphatic heterocycles. The van der Waals surface area contributed by atoms with Crippen LogP contribution in [0.25, 0.3) is 11.3 Å². The largest absolute Gasteiger partial charge is 0.399 e. The highest BCUT2D eigenvalue weighted by Crippen LogP contribution is 2.23. The molecule has 4 nitrogen and oxygen atoms in total. The van der Waals surface area contributed by atoms with Gasteiger partial charge in [0.15, 0.2) is 5.82 Å². The molecule has 0 amide bonds. The smallest absolute Gasteiger partial charge is 0.151 e. The van der Waals surface area contributed by atoms with E-state index in [-0.39, 0.29) is 0 Å². The maximum atomic E-state index is 5.80. The SMILES string of the molecule is CC1CCCN(c2ccc(-c3cccc(N)c3)nn2)C1. The fourth-order valence-electron chi connectivity index (χ4n) is 2.74. The van der Waals surface area contributed by atoms with E-state index in [0.29, 0.717) is 0 Å². The molecule has 1 aliphatic rings. The molecule has 2 heterocycles. The van der Waals surface area contributed by atoms with Crippen LogP contribution in [0.15, 0.2) is 36.4 Å². The van der Waals surface area contributed by atoms with Crippen LogP contribution in [0.1, 0.15) is 19.8 Å². The first-order chi connectivity index (χ1) is 9.72. The Hall–Kier alpha value is -2.10. The zero-order valence-corrected chi connectivity index (χ0v) is 11.8. The normalized spacial score (nSPS) is 19.1. The van der Waals surface area contributed by atoms with Crippen LogP contribution in [-0.2, 0) is 0 Å². The second-order valence-corrected chi connectivity index (χ2v) is 5.60. The molecule has 0 saturated carbocycles. The average molecular weight is 268 g/mol. The van der Waals surface area contributed by atoms with Crippen molar-refractivity contribution in [1.29, 1.82) is 0 Å². The number of nitrogens with two attached hydrogens (primary N) is 1. The molecule has 2 aromatic rings. The Morgan fingerprint density at radius 2 is 2.10 bits per heavy atom. The molecule has 4 heteroatoms. The van der Waals surface area contributed by atoms with Crippen molar-refractivity contribution in [2.75, 3.05) is 23.7 Å². The third-order valence-electron chi connectivity index (χ3n) is 3.81. The van der Waals surface area contributed by atoms with Crippen molar-refractivity contribution in [1.82, 2.24) is 10.2 Å². The van der Waals surface area contributed by atoms with Gasteiger partial charge >= 0.3 is 0 Å². The van der Waals surface area contributed by atoms with Crippen molar-refractivity contribution in [3.8, 4) is 11.3 Å². The van der Waals surface area contributed by atoms with E-state index in [1.807, 2.05) is 30.3 Å². The lowest BCUT2D eigenvalue weighted by Crippen LogP contribution is -2.34. The predicted octanol–water partition coefficient (Wildman–Crippen LogP) is 2.96. The van der Waals surface area contributed by atoms with Gasteiger partial charge < -0.3 is 10.6 Å². The summed E-state index contributed by atoms with van der Waals surface area (Å²) >= 11 is 0. The minimum atomic E-state index is 0.735. The summed E-state index contributed by atoms with van der Waals surface area (Å²) in [5.74, 6) is 1.71. The lowest BCUT2D eigenvalue weighted by Gasteiger charge is -2.31. The van der Waals surface area contributed by atoms with Gasteiger partial charge in [0, 0.05) is 24.3 Å². The van der Waals surface area contributed by atoms with Crippen molar-refractivity contribution in [3.05, 3.63) is 36.4 Å². The van der Waals surface area contributed by atoms with E-state index < -0.39 is 0 Å². The lowest BCUT2D eigenvalue weighted by atomic mass is 10.0. The minimum absolute atomic E-state index is 0.735. The molecule has 3 rings (SSSR count). The number of nitrogens with zero attached hydrogens (tertiary/aromatic N) is 3. The summed E-state index contributed by atoms with van der Waals surface area (Å²) in [5.41, 5.74) is 8.43. The molecule has 0 radical (unpaired) electrons. The number of nitrogen functional groups attached to an aromatic ring is 1. The van der Waals surface area contributed by atoms with E-state index in [9.17, 15) is 0 Å². The van der Waals surface area contributed by atoms with Gasteiger partial charge in [-0.1, -0.05) is 19.1 Å². The van der Waals surface area contributed by atoms with Crippen LogP contribution in [0, 0.1) is 5.92 Å². The Bertz CT molecular complexity index is 579. The Morgan fingerprint density at radius 1 is 1.20 bits per heavy atom. The van der Waals surface area contributed by atoms with E-state index in [4.69, 9.17) is 5.73 Å². The number of hydrogen-bond acceptors (Lipinski definition) is 4. The summed E-state index contributed by atoms with van der Waals surface area (Å²) in [6.45, 7) is 4.45. The standard InChI is InChI=1S/C16H20N4/c1-12-4-3-9-20(11-12)16-8-7-15(18-19-16)13-5-2-6-14(17)10-13/h2,5-8,10,12H,3-4,9,11,17H2,1H3. The lowest BCUT2D eigenvalue weighted by molar-refractivity contribution is 0.444. The Kier molecular flexibility index (Phi) is 3.54. The quantitative estimate of drug-likeness (QED) is 0.851. The van der Waals surface area contributed by atoms with Crippen molar-refractivity contribution < 1.29 is 0 Å². The Labute approximate surface area is 119 Å². The monoisotopic (exact) mass is 268 g/mol. The Morgan fingerprint density at radius 3 is 2.80 bits per heavy atom. The van der Waals surface area contributed by atoms with Gasteiger partial charge in [0.25, 0.3) is 0 Å². The first-order valence-corrected chi connectivity index (χ1v) is 7.17. The molecule has 104 valence electrons. The van der Waals surface area contributed by atoms with E-state index in [1.54, 1.807) is 0 Å². The highest BCUT2D eigenvalue weighted by atomic mass is 15.3. The van der Waals surface area contributed by atoms with Gasteiger partial charge in [-0.25, -0.2) is 0 Å². The summed E-state index contributed by atoms with van der Waals surface area (Å²) in [5, 5.41) is 8.72. The van der Waals surface area contributed by atoms with Crippen molar-refractivity contribution in [2.45, 2.75) is 19.8 Å². The van der Waals surface area contributed by atoms with Crippen LogP contribution in [0.3, 0.4) is 0 Å². The van der Waals surface area contributed by atoms with Gasteiger partial charge in [0.1, 0.15) is 0 Å². The minimum Gasteiger partial charge on any atom is -0.399 e. The molecule has 1 saturated heterocycles. The predicted molar refractivity (Wildman–Crippen MR) is 82.5 cm³/mol. The number of piperidine rings is 1. The van der Waals surface area contributed by atoms with Crippen LogP contribution < -0.4 is 10.6 Å². The zero-order chi connectivity index (χ0) is 13.9. The molecule has 1 aromatic carbocycles. The fraction of sp³-hybridized carbons (Fsp3) is 0.375. The molecular formula is C16H20N4. The van der Waals surface area contributed by atoms with Gasteiger partial charge in [-0.3, -0.25) is 0 Å². The van der Waals surface area contributed by atoms with E-state index >= 15 is 0 Å². The summed E-state index contributed by atoms with van der Waals surface area (Å²) in [4.78, 5) is 2.32. The molecule has 1 aromatic heterocycles. The maximum Gasteiger partial charge on any atom is 0.151 e. The molecule has 1 unspecified atom stereocenters. The first-order valence-electron chi connectivity index (χ1n) is 7.17. The van der Waals surface area contributed by atoms with Gasteiger partial charge in [-0.15, -0.1) is 10.2 Å². The number of benzene rings is 1. The molecular weight excluding hydrogens is 248 g/mol. The molecule has 1 atom stereocenters. The average Bonchev–Trinajstić information content (AvgIpc) is 2.47. The maximum absolute atomic E-state index is 5.80. The second-order valence-electron chi connectivity index (χ2n) is 5.60. The van der Waals surface area contributed by atoms with Gasteiger partial charge in [-0.05, 0) is 43.0 Å². The third kappa shape index (κ3) is 2.74. The van der Waals surface area contributed by atoms with Gasteiger partial charge in [0.2, 0.25) is 0 Å². The molecule has 20 heavy (non-hydrogen) atoms. The van der Waals surface area contributed by atoms with Crippen LogP contribution >= 0.6 is 0 Å². The van der Waals surface area contributed by atoms with Crippen LogP contribution in [0.2, 0.25) is 0 Å². The molecule has 0 aliphatic carbocycles. The third-order valence-corrected chi connectivity index (χ3v) is 3.81. The zero-order valence-electron chi connectivity index (χ0n) is 11.8. The Balaban J connectivity index is 1.80. The summed E-state index contributed by atoms with van der Waals surface area (Å²) in [7, 11) is 0. The first kappa shape index (κ1) is 12.9. The number of rotatable bonds is 2. The number of aromatic nitrogens is 2. The highest BCUT2D eigenvalue weighted by molar-refractivity contribution is 5.64.